The van der Waals surface area contributed by atoms with E-state index in [-0.39, 0.29) is 0 Å². The predicted molar refractivity (Wildman–Crippen MR) is 56.8 cm³/mol. The number of aromatic amines is 1. The molecular weight excluding hydrogens is 179 g/mol. The van der Waals surface area contributed by atoms with E-state index in [0.29, 0.717) is 11.4 Å². The van der Waals surface area contributed by atoms with Crippen LogP contribution in [-0.4, -0.2) is 4.98 Å². The maximum atomic E-state index is 13.6. The molecule has 74 valence electrons. The molecule has 2 rings (SSSR count). The molecule has 1 aromatic heterocycles. The quantitative estimate of drug-likeness (QED) is 0.670. The Morgan fingerprint density at radius 2 is 2.00 bits per heavy atom. The summed E-state index contributed by atoms with van der Waals surface area (Å²) in [6, 6.07) is 7.32. The average Bonchev–Trinajstić information content (AvgIpc) is 2.45. The first kappa shape index (κ1) is 9.06. The van der Waals surface area contributed by atoms with Crippen LogP contribution in [0.3, 0.4) is 0 Å². The minimum atomic E-state index is -1.34. The van der Waals surface area contributed by atoms with E-state index in [1.54, 1.807) is 0 Å². The number of nitrogen functional groups attached to an aromatic ring is 1. The normalized spacial score (nSPS) is 12.2. The highest BCUT2D eigenvalue weighted by atomic mass is 19.1. The van der Waals surface area contributed by atoms with E-state index in [9.17, 15) is 4.39 Å². The predicted octanol–water partition coefficient (Wildman–Crippen LogP) is 2.95. The van der Waals surface area contributed by atoms with Crippen LogP contribution in [0.1, 0.15) is 19.5 Å². The van der Waals surface area contributed by atoms with E-state index in [1.165, 1.54) is 13.8 Å². The van der Waals surface area contributed by atoms with Crippen LogP contribution in [0.25, 0.3) is 10.9 Å². The number of fused-ring (bicyclic) bond motifs is 1. The van der Waals surface area contributed by atoms with Crippen LogP contribution in [0.2, 0.25) is 0 Å². The summed E-state index contributed by atoms with van der Waals surface area (Å²) in [5, 5.41) is 0.986. The van der Waals surface area contributed by atoms with Gasteiger partial charge in [0, 0.05) is 11.2 Å². The van der Waals surface area contributed by atoms with Crippen molar-refractivity contribution in [3.8, 4) is 0 Å². The second-order valence-corrected chi connectivity index (χ2v) is 4.00. The Morgan fingerprint density at radius 1 is 1.29 bits per heavy atom. The smallest absolute Gasteiger partial charge is 0.145 e. The van der Waals surface area contributed by atoms with Gasteiger partial charge in [-0.2, -0.15) is 0 Å². The third kappa shape index (κ3) is 1.45. The number of halogens is 1. The molecule has 3 N–H and O–H groups in total. The molecule has 0 aliphatic carbocycles. The fourth-order valence-corrected chi connectivity index (χ4v) is 1.46. The number of nitrogens with one attached hydrogen (secondary N) is 1. The standard InChI is InChI=1S/C11H13FN2/c1-11(2,12)10-5-7-3-4-8(13)6-9(7)14-10/h3-6,14H,13H2,1-2H3. The number of hydrogen-bond acceptors (Lipinski definition) is 1. The molecule has 0 fully saturated rings. The maximum Gasteiger partial charge on any atom is 0.145 e. The molecule has 0 unspecified atom stereocenters. The molecule has 3 heteroatoms. The fraction of sp³-hybridized carbons (Fsp3) is 0.273. The molecule has 0 aliphatic heterocycles. The highest BCUT2D eigenvalue weighted by Gasteiger charge is 2.20. The minimum Gasteiger partial charge on any atom is -0.399 e. The summed E-state index contributed by atoms with van der Waals surface area (Å²) in [6.07, 6.45) is 0. The van der Waals surface area contributed by atoms with Crippen molar-refractivity contribution in [3.05, 3.63) is 30.0 Å². The molecule has 0 saturated heterocycles. The number of nitrogens with two attached hydrogens (primary N) is 1. The highest BCUT2D eigenvalue weighted by molar-refractivity contribution is 5.83. The number of hydrogen-bond donors (Lipinski definition) is 2. The fourth-order valence-electron chi connectivity index (χ4n) is 1.46. The Balaban J connectivity index is 2.63. The molecular formula is C11H13FN2. The second kappa shape index (κ2) is 2.74. The Kier molecular flexibility index (Phi) is 1.77. The minimum absolute atomic E-state index is 0.582. The Hall–Kier alpha value is -1.51. The van der Waals surface area contributed by atoms with Crippen molar-refractivity contribution in [2.75, 3.05) is 5.73 Å². The lowest BCUT2D eigenvalue weighted by molar-refractivity contribution is 0.215. The molecule has 0 saturated carbocycles. The van der Waals surface area contributed by atoms with Crippen LogP contribution >= 0.6 is 0 Å². The van der Waals surface area contributed by atoms with Crippen molar-refractivity contribution in [2.45, 2.75) is 19.5 Å². The van der Waals surface area contributed by atoms with E-state index in [1.807, 2.05) is 24.3 Å². The van der Waals surface area contributed by atoms with Crippen molar-refractivity contribution in [1.29, 1.82) is 0 Å². The molecule has 2 aromatic rings. The van der Waals surface area contributed by atoms with Crippen LogP contribution in [0.4, 0.5) is 10.1 Å². The van der Waals surface area contributed by atoms with Gasteiger partial charge >= 0.3 is 0 Å². The maximum absolute atomic E-state index is 13.6. The SMILES string of the molecule is CC(C)(F)c1cc2ccc(N)cc2[nH]1. The summed E-state index contributed by atoms with van der Waals surface area (Å²) in [7, 11) is 0. The second-order valence-electron chi connectivity index (χ2n) is 4.00. The number of anilines is 1. The van der Waals surface area contributed by atoms with Crippen molar-refractivity contribution < 1.29 is 4.39 Å². The van der Waals surface area contributed by atoms with E-state index in [0.717, 1.165) is 10.9 Å². The molecule has 2 nitrogen and oxygen atoms in total. The van der Waals surface area contributed by atoms with Gasteiger partial charge in [-0.1, -0.05) is 6.07 Å². The lowest BCUT2D eigenvalue weighted by Crippen LogP contribution is -2.08. The Morgan fingerprint density at radius 3 is 2.64 bits per heavy atom. The van der Waals surface area contributed by atoms with Gasteiger partial charge < -0.3 is 10.7 Å². The third-order valence-electron chi connectivity index (χ3n) is 2.29. The van der Waals surface area contributed by atoms with E-state index < -0.39 is 5.67 Å². The number of benzene rings is 1. The van der Waals surface area contributed by atoms with E-state index >= 15 is 0 Å². The summed E-state index contributed by atoms with van der Waals surface area (Å²) in [4.78, 5) is 3.02. The average molecular weight is 192 g/mol. The van der Waals surface area contributed by atoms with Gasteiger partial charge in [-0.05, 0) is 37.4 Å². The van der Waals surface area contributed by atoms with Gasteiger partial charge in [0.25, 0.3) is 0 Å². The van der Waals surface area contributed by atoms with E-state index in [4.69, 9.17) is 5.73 Å². The van der Waals surface area contributed by atoms with Gasteiger partial charge in [0.1, 0.15) is 5.67 Å². The van der Waals surface area contributed by atoms with Crippen LogP contribution < -0.4 is 5.73 Å². The zero-order valence-corrected chi connectivity index (χ0v) is 8.26. The van der Waals surface area contributed by atoms with Gasteiger partial charge in [-0.25, -0.2) is 4.39 Å². The number of aromatic nitrogens is 1. The first-order chi connectivity index (χ1) is 6.47. The molecule has 0 bridgehead atoms. The van der Waals surface area contributed by atoms with Gasteiger partial charge in [0.05, 0.1) is 5.69 Å². The molecule has 0 radical (unpaired) electrons. The van der Waals surface area contributed by atoms with Crippen LogP contribution in [0, 0.1) is 0 Å². The van der Waals surface area contributed by atoms with Crippen LogP contribution in [-0.2, 0) is 5.67 Å². The molecule has 0 spiro atoms. The summed E-state index contributed by atoms with van der Waals surface area (Å²) < 4.78 is 13.6. The third-order valence-corrected chi connectivity index (χ3v) is 2.29. The molecule has 0 amide bonds. The van der Waals surface area contributed by atoms with Crippen molar-refractivity contribution in [2.24, 2.45) is 0 Å². The van der Waals surface area contributed by atoms with Gasteiger partial charge in [0.15, 0.2) is 0 Å². The molecule has 0 atom stereocenters. The largest absolute Gasteiger partial charge is 0.399 e. The Labute approximate surface area is 81.9 Å². The topological polar surface area (TPSA) is 41.8 Å². The van der Waals surface area contributed by atoms with Crippen LogP contribution in [0.5, 0.6) is 0 Å². The first-order valence-corrected chi connectivity index (χ1v) is 4.54. The molecule has 14 heavy (non-hydrogen) atoms. The molecule has 1 heterocycles. The van der Waals surface area contributed by atoms with Gasteiger partial charge in [0.2, 0.25) is 0 Å². The van der Waals surface area contributed by atoms with Gasteiger partial charge in [-0.3, -0.25) is 0 Å². The zero-order valence-electron chi connectivity index (χ0n) is 8.26. The van der Waals surface area contributed by atoms with Crippen LogP contribution in [0.15, 0.2) is 24.3 Å². The summed E-state index contributed by atoms with van der Waals surface area (Å²) in [5.41, 5.74) is 6.43. The summed E-state index contributed by atoms with van der Waals surface area (Å²) >= 11 is 0. The lowest BCUT2D eigenvalue weighted by Gasteiger charge is -2.10. The zero-order chi connectivity index (χ0) is 10.3. The summed E-state index contributed by atoms with van der Waals surface area (Å²) in [6.45, 7) is 3.06. The Bertz CT molecular complexity index is 466. The molecule has 1 aromatic carbocycles. The number of H-pyrrole nitrogens is 1. The number of rotatable bonds is 1. The van der Waals surface area contributed by atoms with E-state index in [2.05, 4.69) is 4.98 Å². The van der Waals surface area contributed by atoms with Crippen molar-refractivity contribution >= 4 is 16.6 Å². The van der Waals surface area contributed by atoms with Crippen molar-refractivity contribution in [3.63, 3.8) is 0 Å². The van der Waals surface area contributed by atoms with Gasteiger partial charge in [-0.15, -0.1) is 0 Å². The monoisotopic (exact) mass is 192 g/mol. The number of alkyl halides is 1. The first-order valence-electron chi connectivity index (χ1n) is 4.54. The molecule has 0 aliphatic rings. The lowest BCUT2D eigenvalue weighted by atomic mass is 10.1. The van der Waals surface area contributed by atoms with Crippen molar-refractivity contribution in [1.82, 2.24) is 4.98 Å². The highest BCUT2D eigenvalue weighted by Crippen LogP contribution is 2.27. The summed E-state index contributed by atoms with van der Waals surface area (Å²) in [5.74, 6) is 0.